The number of nitrogens with two attached hydrogens (primary N) is 1. The van der Waals surface area contributed by atoms with Crippen LogP contribution >= 0.6 is 11.6 Å². The van der Waals surface area contributed by atoms with E-state index in [1.165, 1.54) is 17.3 Å². The molecule has 4 aromatic rings. The molecule has 270 valence electrons. The standard InChI is InChI=1S/C26H27ClN6O3.2C2HF3O2/c1-6-36-23-17(15(3)33-10-9-20(34)22-24(28)30-13-31-25(22)33)11-18(27)14(2)21(23)16-7-8-19(29-12-16)26(35)32(4)5;2*3-2(4,5)1(6)7/h7-13,15H,6H2,1-5H3,(H2,28,30,31);2*(H,6,7). The van der Waals surface area contributed by atoms with Gasteiger partial charge in [0, 0.05) is 54.3 Å². The lowest BCUT2D eigenvalue weighted by molar-refractivity contribution is -0.193. The highest BCUT2D eigenvalue weighted by molar-refractivity contribution is 6.32. The van der Waals surface area contributed by atoms with Crippen LogP contribution in [0.15, 0.2) is 47.8 Å². The number of carboxylic acid groups (broad SMARTS) is 2. The number of carbonyl (C=O) groups excluding carboxylic acids is 1. The summed E-state index contributed by atoms with van der Waals surface area (Å²) in [5, 5.41) is 15.1. The van der Waals surface area contributed by atoms with E-state index in [9.17, 15) is 35.9 Å². The maximum atomic E-state index is 12.5. The van der Waals surface area contributed by atoms with Crippen LogP contribution in [-0.2, 0) is 9.59 Å². The van der Waals surface area contributed by atoms with E-state index >= 15 is 0 Å². The first-order chi connectivity index (χ1) is 23.0. The average molecular weight is 735 g/mol. The lowest BCUT2D eigenvalue weighted by Crippen LogP contribution is -2.22. The van der Waals surface area contributed by atoms with Gasteiger partial charge in [-0.1, -0.05) is 17.7 Å². The number of aromatic nitrogens is 4. The van der Waals surface area contributed by atoms with Crippen molar-refractivity contribution in [1.82, 2.24) is 24.4 Å². The van der Waals surface area contributed by atoms with Crippen LogP contribution in [0.3, 0.4) is 0 Å². The van der Waals surface area contributed by atoms with Crippen LogP contribution < -0.4 is 15.9 Å². The third-order valence-corrected chi connectivity index (χ3v) is 6.95. The average Bonchev–Trinajstić information content (AvgIpc) is 3.02. The molecule has 0 saturated carbocycles. The lowest BCUT2D eigenvalue weighted by Gasteiger charge is -2.25. The van der Waals surface area contributed by atoms with Crippen LogP contribution in [-0.4, -0.2) is 85.5 Å². The number of ether oxygens (including phenoxy) is 1. The van der Waals surface area contributed by atoms with Gasteiger partial charge >= 0.3 is 24.3 Å². The van der Waals surface area contributed by atoms with Gasteiger partial charge in [0.1, 0.15) is 34.6 Å². The predicted molar refractivity (Wildman–Crippen MR) is 168 cm³/mol. The summed E-state index contributed by atoms with van der Waals surface area (Å²) < 4.78 is 71.5. The number of nitrogen functional groups attached to an aromatic ring is 1. The number of halogens is 7. The number of hydrogen-bond donors (Lipinski definition) is 3. The summed E-state index contributed by atoms with van der Waals surface area (Å²) in [6, 6.07) is 6.50. The number of carbonyl (C=O) groups is 3. The monoisotopic (exact) mass is 734 g/mol. The fraction of sp³-hybridized carbons (Fsp3) is 0.300. The van der Waals surface area contributed by atoms with Gasteiger partial charge in [0.05, 0.1) is 12.6 Å². The van der Waals surface area contributed by atoms with E-state index in [4.69, 9.17) is 41.9 Å². The number of benzene rings is 1. The van der Waals surface area contributed by atoms with Gasteiger partial charge in [0.25, 0.3) is 5.91 Å². The Bertz CT molecular complexity index is 1910. The number of carboxylic acids is 2. The zero-order valence-electron chi connectivity index (χ0n) is 26.7. The van der Waals surface area contributed by atoms with Crippen LogP contribution in [0, 0.1) is 6.92 Å². The van der Waals surface area contributed by atoms with Crippen molar-refractivity contribution in [2.24, 2.45) is 0 Å². The fourth-order valence-electron chi connectivity index (χ4n) is 4.19. The van der Waals surface area contributed by atoms with Gasteiger partial charge in [0.2, 0.25) is 0 Å². The summed E-state index contributed by atoms with van der Waals surface area (Å²) in [7, 11) is 3.36. The van der Waals surface area contributed by atoms with Crippen LogP contribution in [0.2, 0.25) is 5.02 Å². The SMILES string of the molecule is CCOc1c(C(C)n2ccc(=O)c3c(N)ncnc32)cc(Cl)c(C)c1-c1ccc(C(=O)N(C)C)nc1.O=C(O)C(F)(F)F.O=C(O)C(F)(F)F. The molecule has 4 rings (SSSR count). The van der Waals surface area contributed by atoms with Crippen molar-refractivity contribution in [2.45, 2.75) is 39.2 Å². The van der Waals surface area contributed by atoms with Crippen molar-refractivity contribution in [2.75, 3.05) is 26.4 Å². The summed E-state index contributed by atoms with van der Waals surface area (Å²) in [5.41, 5.74) is 9.65. The molecule has 0 aliphatic heterocycles. The second kappa shape index (κ2) is 16.3. The number of fused-ring (bicyclic) bond motifs is 1. The molecule has 0 fully saturated rings. The smallest absolute Gasteiger partial charge is 0.490 e. The molecule has 1 aromatic carbocycles. The molecule has 0 spiro atoms. The Labute approximate surface area is 283 Å². The minimum Gasteiger partial charge on any atom is -0.493 e. The number of hydrogen-bond acceptors (Lipinski definition) is 9. The first kappa shape index (κ1) is 40.7. The largest absolute Gasteiger partial charge is 0.493 e. The van der Waals surface area contributed by atoms with Crippen LogP contribution in [0.1, 0.15) is 41.5 Å². The van der Waals surface area contributed by atoms with Gasteiger partial charge in [-0.3, -0.25) is 14.6 Å². The highest BCUT2D eigenvalue weighted by Crippen LogP contribution is 2.43. The number of aliphatic carboxylic acids is 2. The molecule has 0 aliphatic rings. The molecule has 20 heteroatoms. The quantitative estimate of drug-likeness (QED) is 0.216. The highest BCUT2D eigenvalue weighted by Gasteiger charge is 2.39. The van der Waals surface area contributed by atoms with Crippen molar-refractivity contribution >= 4 is 46.3 Å². The Hall–Kier alpha value is -5.46. The van der Waals surface area contributed by atoms with Crippen molar-refractivity contribution in [3.8, 4) is 16.9 Å². The molecule has 4 N–H and O–H groups in total. The number of anilines is 1. The first-order valence-electron chi connectivity index (χ1n) is 13.9. The summed E-state index contributed by atoms with van der Waals surface area (Å²) in [6.07, 6.45) is -5.51. The summed E-state index contributed by atoms with van der Waals surface area (Å²) in [4.78, 5) is 56.8. The van der Waals surface area contributed by atoms with Gasteiger partial charge < -0.3 is 30.2 Å². The zero-order chi connectivity index (χ0) is 38.3. The Morgan fingerprint density at radius 1 is 1.02 bits per heavy atom. The van der Waals surface area contributed by atoms with Crippen molar-refractivity contribution in [1.29, 1.82) is 0 Å². The van der Waals surface area contributed by atoms with Gasteiger partial charge in [-0.15, -0.1) is 0 Å². The van der Waals surface area contributed by atoms with E-state index in [0.29, 0.717) is 28.7 Å². The maximum Gasteiger partial charge on any atom is 0.490 e. The Morgan fingerprint density at radius 2 is 1.58 bits per heavy atom. The van der Waals surface area contributed by atoms with Crippen molar-refractivity contribution in [3.05, 3.63) is 75.1 Å². The van der Waals surface area contributed by atoms with E-state index in [2.05, 4.69) is 15.0 Å². The van der Waals surface area contributed by atoms with E-state index in [1.807, 2.05) is 37.5 Å². The maximum absolute atomic E-state index is 12.5. The third kappa shape index (κ3) is 9.80. The molecule has 0 saturated heterocycles. The van der Waals surface area contributed by atoms with Gasteiger partial charge in [-0.25, -0.2) is 19.6 Å². The normalized spacial score (nSPS) is 11.8. The highest BCUT2D eigenvalue weighted by atomic mass is 35.5. The molecule has 3 aromatic heterocycles. The molecule has 0 aliphatic carbocycles. The summed E-state index contributed by atoms with van der Waals surface area (Å²) in [5.74, 6) is -4.94. The number of amides is 1. The first-order valence-corrected chi connectivity index (χ1v) is 14.3. The molecular formula is C30H29ClF6N6O7. The molecule has 0 radical (unpaired) electrons. The van der Waals surface area contributed by atoms with Crippen molar-refractivity contribution in [3.63, 3.8) is 0 Å². The minimum absolute atomic E-state index is 0.123. The number of pyridine rings is 2. The number of rotatable bonds is 6. The lowest BCUT2D eigenvalue weighted by atomic mass is 9.94. The molecule has 1 amide bonds. The van der Waals surface area contributed by atoms with Gasteiger partial charge in [-0.05, 0) is 38.5 Å². The van der Waals surface area contributed by atoms with Crippen LogP contribution in [0.4, 0.5) is 32.2 Å². The Morgan fingerprint density at radius 3 is 2.04 bits per heavy atom. The second-order valence-electron chi connectivity index (χ2n) is 10.2. The van der Waals surface area contributed by atoms with Crippen LogP contribution in [0.25, 0.3) is 22.2 Å². The van der Waals surface area contributed by atoms with Gasteiger partial charge in [0.15, 0.2) is 5.43 Å². The van der Waals surface area contributed by atoms with Crippen molar-refractivity contribution < 1.29 is 55.7 Å². The van der Waals surface area contributed by atoms with E-state index in [0.717, 1.165) is 22.3 Å². The van der Waals surface area contributed by atoms with Crippen LogP contribution in [0.5, 0.6) is 5.75 Å². The summed E-state index contributed by atoms with van der Waals surface area (Å²) in [6.45, 7) is 6.20. The van der Waals surface area contributed by atoms with E-state index in [1.54, 1.807) is 32.6 Å². The number of nitrogens with zero attached hydrogens (tertiary/aromatic N) is 5. The Kier molecular flexibility index (Phi) is 13.3. The molecular weight excluding hydrogens is 706 g/mol. The predicted octanol–water partition coefficient (Wildman–Crippen LogP) is 5.37. The molecule has 50 heavy (non-hydrogen) atoms. The third-order valence-electron chi connectivity index (χ3n) is 6.56. The molecule has 13 nitrogen and oxygen atoms in total. The van der Waals surface area contributed by atoms with Gasteiger partial charge in [-0.2, -0.15) is 26.3 Å². The Balaban J connectivity index is 0.000000521. The molecule has 3 heterocycles. The zero-order valence-corrected chi connectivity index (χ0v) is 27.5. The van der Waals surface area contributed by atoms with E-state index < -0.39 is 24.3 Å². The second-order valence-corrected chi connectivity index (χ2v) is 10.6. The fourth-order valence-corrected chi connectivity index (χ4v) is 4.40. The molecule has 0 bridgehead atoms. The molecule has 1 atom stereocenters. The topological polar surface area (TPSA) is 191 Å². The number of alkyl halides is 6. The summed E-state index contributed by atoms with van der Waals surface area (Å²) >= 11 is 6.72. The van der Waals surface area contributed by atoms with E-state index in [-0.39, 0.29) is 28.6 Å². The minimum atomic E-state index is -5.08. The molecule has 1 unspecified atom stereocenters.